The molecule has 1 spiro atoms. The zero-order valence-electron chi connectivity index (χ0n) is 15.8. The maximum absolute atomic E-state index is 11.9. The highest BCUT2D eigenvalue weighted by molar-refractivity contribution is 5.96. The van der Waals surface area contributed by atoms with Crippen molar-refractivity contribution in [2.45, 2.75) is 46.0 Å². The fraction of sp³-hybridized carbons (Fsp3) is 0.458. The Bertz CT molecular complexity index is 887. The second kappa shape index (κ2) is 5.70. The summed E-state index contributed by atoms with van der Waals surface area (Å²) in [6.07, 6.45) is 11.3. The first kappa shape index (κ1) is 16.1. The van der Waals surface area contributed by atoms with Crippen LogP contribution < -0.4 is 5.32 Å². The van der Waals surface area contributed by atoms with E-state index in [0.717, 1.165) is 23.9 Å². The number of rotatable bonds is 2. The molecule has 26 heavy (non-hydrogen) atoms. The third-order valence-corrected chi connectivity index (χ3v) is 7.31. The number of allylic oxidation sites excluding steroid dienone is 3. The normalized spacial score (nSPS) is 32.2. The van der Waals surface area contributed by atoms with Gasteiger partial charge in [-0.05, 0) is 85.3 Å². The molecule has 1 aliphatic heterocycles. The maximum atomic E-state index is 11.9. The smallest absolute Gasteiger partial charge is 0.159 e. The molecule has 3 atom stereocenters. The van der Waals surface area contributed by atoms with Gasteiger partial charge in [0.25, 0.3) is 0 Å². The van der Waals surface area contributed by atoms with Gasteiger partial charge >= 0.3 is 0 Å². The molecule has 1 N–H and O–H groups in total. The summed E-state index contributed by atoms with van der Waals surface area (Å²) in [7, 11) is 0. The van der Waals surface area contributed by atoms with Crippen molar-refractivity contribution in [3.8, 4) is 0 Å². The fourth-order valence-electron chi connectivity index (χ4n) is 5.94. The number of ketones is 1. The molecule has 5 rings (SSSR count). The zero-order chi connectivity index (χ0) is 17.9. The van der Waals surface area contributed by atoms with E-state index in [9.17, 15) is 4.79 Å². The minimum Gasteiger partial charge on any atom is -0.389 e. The van der Waals surface area contributed by atoms with Crippen LogP contribution in [0.3, 0.4) is 0 Å². The third-order valence-electron chi connectivity index (χ3n) is 7.31. The van der Waals surface area contributed by atoms with Crippen LogP contribution in [0.1, 0.15) is 61.9 Å². The quantitative estimate of drug-likeness (QED) is 0.738. The molecule has 0 amide bonds. The van der Waals surface area contributed by atoms with E-state index in [2.05, 4.69) is 36.6 Å². The van der Waals surface area contributed by atoms with Crippen molar-refractivity contribution in [1.82, 2.24) is 5.32 Å². The molecule has 1 fully saturated rings. The van der Waals surface area contributed by atoms with Crippen LogP contribution in [0.15, 0.2) is 53.3 Å². The molecule has 1 aromatic rings. The summed E-state index contributed by atoms with van der Waals surface area (Å²) in [6.45, 7) is 5.13. The van der Waals surface area contributed by atoms with E-state index in [1.54, 1.807) is 18.1 Å². The molecule has 2 nitrogen and oxygen atoms in total. The van der Waals surface area contributed by atoms with Gasteiger partial charge in [-0.2, -0.15) is 0 Å². The number of benzene rings is 1. The summed E-state index contributed by atoms with van der Waals surface area (Å²) < 4.78 is 0. The highest BCUT2D eigenvalue weighted by Crippen LogP contribution is 2.61. The predicted octanol–water partition coefficient (Wildman–Crippen LogP) is 5.29. The van der Waals surface area contributed by atoms with Gasteiger partial charge in [-0.3, -0.25) is 4.79 Å². The molecule has 1 saturated carbocycles. The lowest BCUT2D eigenvalue weighted by Gasteiger charge is -2.43. The van der Waals surface area contributed by atoms with Crippen molar-refractivity contribution >= 4 is 11.4 Å². The van der Waals surface area contributed by atoms with Crippen LogP contribution in [0.2, 0.25) is 0 Å². The summed E-state index contributed by atoms with van der Waals surface area (Å²) >= 11 is 0. The minimum absolute atomic E-state index is 0.138. The van der Waals surface area contributed by atoms with Gasteiger partial charge in [-0.1, -0.05) is 30.7 Å². The van der Waals surface area contributed by atoms with Gasteiger partial charge in [0.2, 0.25) is 0 Å². The summed E-state index contributed by atoms with van der Waals surface area (Å²) in [5.41, 5.74) is 8.32. The van der Waals surface area contributed by atoms with E-state index < -0.39 is 0 Å². The first-order valence-electron chi connectivity index (χ1n) is 10.1. The first-order valence-corrected chi connectivity index (χ1v) is 10.1. The van der Waals surface area contributed by atoms with Gasteiger partial charge in [-0.15, -0.1) is 0 Å². The summed E-state index contributed by atoms with van der Waals surface area (Å²) in [4.78, 5) is 11.9. The van der Waals surface area contributed by atoms with Crippen LogP contribution >= 0.6 is 0 Å². The Hall–Kier alpha value is -2.09. The van der Waals surface area contributed by atoms with Crippen molar-refractivity contribution in [2.75, 3.05) is 6.54 Å². The molecule has 1 aromatic carbocycles. The second-order valence-corrected chi connectivity index (χ2v) is 8.67. The predicted molar refractivity (Wildman–Crippen MR) is 106 cm³/mol. The van der Waals surface area contributed by atoms with Crippen LogP contribution in [-0.4, -0.2) is 12.3 Å². The molecule has 0 saturated heterocycles. The van der Waals surface area contributed by atoms with E-state index in [-0.39, 0.29) is 11.2 Å². The lowest BCUT2D eigenvalue weighted by Crippen LogP contribution is -2.36. The summed E-state index contributed by atoms with van der Waals surface area (Å²) in [5.74, 6) is 1.74. The van der Waals surface area contributed by atoms with E-state index in [1.165, 1.54) is 48.8 Å². The van der Waals surface area contributed by atoms with Crippen molar-refractivity contribution in [2.24, 2.45) is 17.3 Å². The van der Waals surface area contributed by atoms with E-state index in [1.807, 2.05) is 12.1 Å². The molecule has 0 radical (unpaired) electrons. The van der Waals surface area contributed by atoms with Crippen molar-refractivity contribution < 1.29 is 4.79 Å². The van der Waals surface area contributed by atoms with Crippen LogP contribution in [-0.2, 0) is 0 Å². The van der Waals surface area contributed by atoms with E-state index in [4.69, 9.17) is 0 Å². The fourth-order valence-corrected chi connectivity index (χ4v) is 5.94. The molecule has 1 heterocycles. The monoisotopic (exact) mass is 345 g/mol. The standard InChI is InChI=1S/C24H27NO/c1-15-5-3-8-20-19(15)9-10-24-14-25-13-23(24)21(12-22(20)24)18-7-4-6-17(11-18)16(2)26/h4,6-7,11-13,15,19,25H,3,5,8-10,14H2,1-2H3. The van der Waals surface area contributed by atoms with Crippen molar-refractivity contribution in [3.05, 3.63) is 64.4 Å². The molecule has 134 valence electrons. The number of carbonyl (C=O) groups excluding carboxylic acids is 1. The molecule has 3 unspecified atom stereocenters. The zero-order valence-corrected chi connectivity index (χ0v) is 15.8. The van der Waals surface area contributed by atoms with Crippen LogP contribution in [0.5, 0.6) is 0 Å². The lowest BCUT2D eigenvalue weighted by molar-refractivity contribution is 0.101. The van der Waals surface area contributed by atoms with Crippen LogP contribution in [0.25, 0.3) is 5.57 Å². The number of fused-ring (bicyclic) bond motifs is 1. The average Bonchev–Trinajstić information content (AvgIpc) is 3.18. The third kappa shape index (κ3) is 2.14. The minimum atomic E-state index is 0.138. The Morgan fingerprint density at radius 3 is 3.00 bits per heavy atom. The number of hydrogen-bond acceptors (Lipinski definition) is 2. The maximum Gasteiger partial charge on any atom is 0.159 e. The molecule has 3 aliphatic carbocycles. The van der Waals surface area contributed by atoms with Gasteiger partial charge in [-0.25, -0.2) is 0 Å². The number of nitrogens with one attached hydrogen (secondary N) is 1. The number of Topliss-reactive ketones (excluding diaryl/α,β-unsaturated/α-hetero) is 1. The highest BCUT2D eigenvalue weighted by Gasteiger charge is 2.51. The Balaban J connectivity index is 1.67. The molecular weight excluding hydrogens is 318 g/mol. The number of hydrogen-bond donors (Lipinski definition) is 1. The largest absolute Gasteiger partial charge is 0.389 e. The van der Waals surface area contributed by atoms with Crippen LogP contribution in [0, 0.1) is 17.3 Å². The van der Waals surface area contributed by atoms with Gasteiger partial charge < -0.3 is 5.32 Å². The van der Waals surface area contributed by atoms with Gasteiger partial charge in [0.15, 0.2) is 5.78 Å². The molecular formula is C24H27NO. The van der Waals surface area contributed by atoms with E-state index >= 15 is 0 Å². The average molecular weight is 345 g/mol. The Kier molecular flexibility index (Phi) is 3.53. The summed E-state index contributed by atoms with van der Waals surface area (Å²) in [6, 6.07) is 8.18. The molecule has 0 bridgehead atoms. The highest BCUT2D eigenvalue weighted by atomic mass is 16.1. The van der Waals surface area contributed by atoms with Gasteiger partial charge in [0.1, 0.15) is 0 Å². The Labute approximate surface area is 156 Å². The molecule has 0 aromatic heterocycles. The number of carbonyl (C=O) groups is 1. The summed E-state index contributed by atoms with van der Waals surface area (Å²) in [5, 5.41) is 3.55. The topological polar surface area (TPSA) is 29.1 Å². The Morgan fingerprint density at radius 2 is 2.15 bits per heavy atom. The lowest BCUT2D eigenvalue weighted by atomic mass is 9.61. The van der Waals surface area contributed by atoms with Crippen LogP contribution in [0.4, 0.5) is 0 Å². The molecule has 4 aliphatic rings. The SMILES string of the molecule is CC(=O)c1cccc(C2=CC3=C4CCCC(C)C4CCC34CNC=C24)c1. The Morgan fingerprint density at radius 1 is 1.27 bits per heavy atom. The second-order valence-electron chi connectivity index (χ2n) is 8.67. The van der Waals surface area contributed by atoms with Crippen molar-refractivity contribution in [3.63, 3.8) is 0 Å². The van der Waals surface area contributed by atoms with Crippen molar-refractivity contribution in [1.29, 1.82) is 0 Å². The molecule has 2 heteroatoms. The van der Waals surface area contributed by atoms with Gasteiger partial charge in [0.05, 0.1) is 0 Å². The first-order chi connectivity index (χ1) is 12.6. The van der Waals surface area contributed by atoms with Gasteiger partial charge in [0, 0.05) is 23.7 Å². The van der Waals surface area contributed by atoms with E-state index in [0.29, 0.717) is 0 Å².